The van der Waals surface area contributed by atoms with Crippen LogP contribution in [0.15, 0.2) is 64.8 Å². The molecule has 2 aromatic rings. The molecule has 0 spiro atoms. The van der Waals surface area contributed by atoms with Gasteiger partial charge in [0.2, 0.25) is 5.91 Å². The molecule has 0 saturated heterocycles. The van der Waals surface area contributed by atoms with E-state index in [2.05, 4.69) is 20.9 Å². The lowest BCUT2D eigenvalue weighted by molar-refractivity contribution is -0.141. The number of aliphatic carboxylic acids is 1. The normalized spacial score (nSPS) is 11.7. The number of carboxylic acids is 1. The third-order valence-corrected chi connectivity index (χ3v) is 3.32. The highest BCUT2D eigenvalue weighted by atomic mass is 16.4. The molecule has 0 heterocycles. The SMILES string of the molecule is C[C@H](NC(=O)CNC(=O)c1ccc(N=Nc2ccccc2)cc1)C(=O)O. The number of azo groups is 1. The maximum Gasteiger partial charge on any atom is 0.325 e. The van der Waals surface area contributed by atoms with Gasteiger partial charge in [0.15, 0.2) is 0 Å². The molecule has 3 N–H and O–H groups in total. The van der Waals surface area contributed by atoms with E-state index in [1.54, 1.807) is 24.3 Å². The topological polar surface area (TPSA) is 120 Å². The second kappa shape index (κ2) is 9.07. The average Bonchev–Trinajstić information content (AvgIpc) is 2.65. The number of nitrogens with one attached hydrogen (secondary N) is 2. The Bertz CT molecular complexity index is 804. The molecule has 2 aromatic carbocycles. The molecule has 8 nitrogen and oxygen atoms in total. The number of benzene rings is 2. The molecule has 0 aliphatic rings. The molecule has 0 unspecified atom stereocenters. The fourth-order valence-electron chi connectivity index (χ4n) is 1.91. The number of hydrogen-bond donors (Lipinski definition) is 3. The molecule has 2 rings (SSSR count). The van der Waals surface area contributed by atoms with Crippen LogP contribution in [0.3, 0.4) is 0 Å². The zero-order chi connectivity index (χ0) is 18.9. The molecule has 8 heteroatoms. The van der Waals surface area contributed by atoms with Gasteiger partial charge in [0.25, 0.3) is 5.91 Å². The Morgan fingerprint density at radius 1 is 0.962 bits per heavy atom. The van der Waals surface area contributed by atoms with Crippen molar-refractivity contribution in [3.05, 3.63) is 60.2 Å². The first-order valence-corrected chi connectivity index (χ1v) is 7.83. The summed E-state index contributed by atoms with van der Waals surface area (Å²) in [4.78, 5) is 34.2. The Morgan fingerprint density at radius 3 is 2.12 bits per heavy atom. The molecule has 0 saturated carbocycles. The van der Waals surface area contributed by atoms with Gasteiger partial charge in [0.1, 0.15) is 6.04 Å². The van der Waals surface area contributed by atoms with E-state index in [-0.39, 0.29) is 6.54 Å². The van der Waals surface area contributed by atoms with Crippen LogP contribution in [0, 0.1) is 0 Å². The number of carbonyl (C=O) groups is 3. The van der Waals surface area contributed by atoms with Crippen LogP contribution in [0.2, 0.25) is 0 Å². The predicted molar refractivity (Wildman–Crippen MR) is 94.6 cm³/mol. The first kappa shape index (κ1) is 18.8. The third-order valence-electron chi connectivity index (χ3n) is 3.32. The molecule has 0 fully saturated rings. The van der Waals surface area contributed by atoms with Crippen LogP contribution in [0.1, 0.15) is 17.3 Å². The van der Waals surface area contributed by atoms with Crippen LogP contribution in [0.4, 0.5) is 11.4 Å². The third kappa shape index (κ3) is 5.82. The van der Waals surface area contributed by atoms with Crippen LogP contribution in [0.25, 0.3) is 0 Å². The Kier molecular flexibility index (Phi) is 6.55. The molecule has 26 heavy (non-hydrogen) atoms. The van der Waals surface area contributed by atoms with Crippen molar-refractivity contribution in [2.75, 3.05) is 6.54 Å². The first-order chi connectivity index (χ1) is 12.5. The minimum absolute atomic E-state index is 0.314. The molecule has 0 radical (unpaired) electrons. The zero-order valence-corrected chi connectivity index (χ0v) is 14.0. The van der Waals surface area contributed by atoms with Crippen molar-refractivity contribution in [1.82, 2.24) is 10.6 Å². The van der Waals surface area contributed by atoms with Crippen molar-refractivity contribution in [2.45, 2.75) is 13.0 Å². The second-order valence-corrected chi connectivity index (χ2v) is 5.39. The van der Waals surface area contributed by atoms with E-state index in [4.69, 9.17) is 5.11 Å². The maximum atomic E-state index is 12.0. The summed E-state index contributed by atoms with van der Waals surface area (Å²) in [6.45, 7) is 1.02. The average molecular weight is 354 g/mol. The highest BCUT2D eigenvalue weighted by Crippen LogP contribution is 2.18. The number of nitrogens with zero attached hydrogens (tertiary/aromatic N) is 2. The molecule has 134 valence electrons. The molecule has 0 aliphatic carbocycles. The Balaban J connectivity index is 1.87. The largest absolute Gasteiger partial charge is 0.480 e. The maximum absolute atomic E-state index is 12.0. The molecule has 0 aromatic heterocycles. The van der Waals surface area contributed by atoms with Crippen LogP contribution >= 0.6 is 0 Å². The summed E-state index contributed by atoms with van der Waals surface area (Å²) in [7, 11) is 0. The number of rotatable bonds is 7. The van der Waals surface area contributed by atoms with Crippen molar-refractivity contribution in [1.29, 1.82) is 0 Å². The summed E-state index contributed by atoms with van der Waals surface area (Å²) < 4.78 is 0. The number of amides is 2. The van der Waals surface area contributed by atoms with Crippen molar-refractivity contribution >= 4 is 29.2 Å². The van der Waals surface area contributed by atoms with E-state index >= 15 is 0 Å². The molecular weight excluding hydrogens is 336 g/mol. The lowest BCUT2D eigenvalue weighted by atomic mass is 10.2. The minimum Gasteiger partial charge on any atom is -0.480 e. The highest BCUT2D eigenvalue weighted by Gasteiger charge is 2.14. The molecule has 1 atom stereocenters. The van der Waals surface area contributed by atoms with Gasteiger partial charge in [-0.3, -0.25) is 14.4 Å². The van der Waals surface area contributed by atoms with Gasteiger partial charge in [-0.05, 0) is 43.3 Å². The van der Waals surface area contributed by atoms with E-state index in [0.717, 1.165) is 5.69 Å². The molecule has 0 aliphatic heterocycles. The summed E-state index contributed by atoms with van der Waals surface area (Å²) in [5, 5.41) is 21.5. The molecular formula is C18H18N4O4. The van der Waals surface area contributed by atoms with Gasteiger partial charge in [0.05, 0.1) is 17.9 Å². The van der Waals surface area contributed by atoms with Crippen molar-refractivity contribution in [3.8, 4) is 0 Å². The summed E-state index contributed by atoms with van der Waals surface area (Å²) in [6, 6.07) is 14.6. The lowest BCUT2D eigenvalue weighted by Gasteiger charge is -2.10. The monoisotopic (exact) mass is 354 g/mol. The van der Waals surface area contributed by atoms with Gasteiger partial charge in [-0.1, -0.05) is 18.2 Å². The minimum atomic E-state index is -1.15. The summed E-state index contributed by atoms with van der Waals surface area (Å²) in [6.07, 6.45) is 0. The lowest BCUT2D eigenvalue weighted by Crippen LogP contribution is -2.43. The zero-order valence-electron chi connectivity index (χ0n) is 14.0. The van der Waals surface area contributed by atoms with Gasteiger partial charge in [-0.2, -0.15) is 10.2 Å². The van der Waals surface area contributed by atoms with Gasteiger partial charge in [-0.25, -0.2) is 0 Å². The van der Waals surface area contributed by atoms with E-state index in [1.165, 1.54) is 6.92 Å². The fraction of sp³-hybridized carbons (Fsp3) is 0.167. The van der Waals surface area contributed by atoms with Crippen molar-refractivity contribution < 1.29 is 19.5 Å². The summed E-state index contributed by atoms with van der Waals surface area (Å²) >= 11 is 0. The quantitative estimate of drug-likeness (QED) is 0.661. The first-order valence-electron chi connectivity index (χ1n) is 7.83. The fourth-order valence-corrected chi connectivity index (χ4v) is 1.91. The van der Waals surface area contributed by atoms with Gasteiger partial charge < -0.3 is 15.7 Å². The number of hydrogen-bond acceptors (Lipinski definition) is 5. The van der Waals surface area contributed by atoms with Crippen molar-refractivity contribution in [2.24, 2.45) is 10.2 Å². The second-order valence-electron chi connectivity index (χ2n) is 5.39. The molecule has 0 bridgehead atoms. The molecule has 2 amide bonds. The Morgan fingerprint density at radius 2 is 1.54 bits per heavy atom. The predicted octanol–water partition coefficient (Wildman–Crippen LogP) is 2.42. The summed E-state index contributed by atoms with van der Waals surface area (Å²) in [5.74, 6) is -2.18. The number of carboxylic acid groups (broad SMARTS) is 1. The van der Waals surface area contributed by atoms with Gasteiger partial charge >= 0.3 is 5.97 Å². The smallest absolute Gasteiger partial charge is 0.325 e. The van der Waals surface area contributed by atoms with Crippen LogP contribution in [-0.2, 0) is 9.59 Å². The number of carbonyl (C=O) groups excluding carboxylic acids is 2. The standard InChI is InChI=1S/C18H18N4O4/c1-12(18(25)26)20-16(23)11-19-17(24)13-7-9-15(10-8-13)22-21-14-5-3-2-4-6-14/h2-10,12H,11H2,1H3,(H,19,24)(H,20,23)(H,25,26)/t12-/m0/s1. The van der Waals surface area contributed by atoms with Crippen LogP contribution in [-0.4, -0.2) is 35.5 Å². The Hall–Kier alpha value is -3.55. The van der Waals surface area contributed by atoms with Crippen LogP contribution in [0.5, 0.6) is 0 Å². The van der Waals surface area contributed by atoms with Gasteiger partial charge in [-0.15, -0.1) is 0 Å². The Labute approximate surface area is 150 Å². The van der Waals surface area contributed by atoms with Crippen molar-refractivity contribution in [3.63, 3.8) is 0 Å². The van der Waals surface area contributed by atoms with Gasteiger partial charge in [0, 0.05) is 5.56 Å². The highest BCUT2D eigenvalue weighted by molar-refractivity contribution is 5.97. The van der Waals surface area contributed by atoms with E-state index < -0.39 is 23.8 Å². The summed E-state index contributed by atoms with van der Waals surface area (Å²) in [5.41, 5.74) is 1.65. The van der Waals surface area contributed by atoms with Crippen LogP contribution < -0.4 is 10.6 Å². The van der Waals surface area contributed by atoms with E-state index in [9.17, 15) is 14.4 Å². The van der Waals surface area contributed by atoms with E-state index in [0.29, 0.717) is 11.3 Å². The van der Waals surface area contributed by atoms with E-state index in [1.807, 2.05) is 30.3 Å².